The summed E-state index contributed by atoms with van der Waals surface area (Å²) in [6.45, 7) is 1.78. The Morgan fingerprint density at radius 3 is 2.70 bits per heavy atom. The molecule has 10 nitrogen and oxygen atoms in total. The Morgan fingerprint density at radius 2 is 1.89 bits per heavy atom. The van der Waals surface area contributed by atoms with Crippen LogP contribution in [0.3, 0.4) is 0 Å². The smallest absolute Gasteiger partial charge is 0.251 e. The van der Waals surface area contributed by atoms with Crippen molar-refractivity contribution < 1.29 is 23.5 Å². The van der Waals surface area contributed by atoms with Crippen molar-refractivity contribution in [3.63, 3.8) is 0 Å². The zero-order chi connectivity index (χ0) is 25.4. The molecule has 37 heavy (non-hydrogen) atoms. The summed E-state index contributed by atoms with van der Waals surface area (Å²) in [6.07, 6.45) is 3.97. The molecule has 1 saturated carbocycles. The third kappa shape index (κ3) is 4.50. The Labute approximate surface area is 213 Å². The number of benzene rings is 2. The number of nitrogens with zero attached hydrogens (tertiary/aromatic N) is 4. The molecule has 1 fully saturated rings. The van der Waals surface area contributed by atoms with Crippen LogP contribution in [-0.4, -0.2) is 39.6 Å². The van der Waals surface area contributed by atoms with E-state index in [0.717, 1.165) is 31.2 Å². The largest absolute Gasteiger partial charge is 0.464 e. The molecule has 0 saturated heterocycles. The fourth-order valence-corrected chi connectivity index (χ4v) is 5.03. The van der Waals surface area contributed by atoms with Gasteiger partial charge in [0.15, 0.2) is 17.5 Å². The summed E-state index contributed by atoms with van der Waals surface area (Å²) >= 11 is 0. The molecular weight excluding hydrogens is 474 g/mol. The lowest BCUT2D eigenvalue weighted by Gasteiger charge is -2.31. The molecule has 6 rings (SSSR count). The number of aryl methyl sites for hydroxylation is 1. The van der Waals surface area contributed by atoms with Crippen LogP contribution in [0.25, 0.3) is 11.0 Å². The quantitative estimate of drug-likeness (QED) is 0.409. The second kappa shape index (κ2) is 9.61. The first-order valence-corrected chi connectivity index (χ1v) is 12.4. The van der Waals surface area contributed by atoms with E-state index in [1.54, 1.807) is 30.3 Å². The van der Waals surface area contributed by atoms with Crippen molar-refractivity contribution in [2.24, 2.45) is 0 Å². The van der Waals surface area contributed by atoms with E-state index in [1.807, 2.05) is 31.2 Å². The Bertz CT molecular complexity index is 1450. The topological polar surface area (TPSA) is 112 Å². The van der Waals surface area contributed by atoms with Crippen LogP contribution in [0.1, 0.15) is 43.2 Å². The van der Waals surface area contributed by atoms with E-state index in [2.05, 4.69) is 15.6 Å². The van der Waals surface area contributed by atoms with Gasteiger partial charge in [-0.15, -0.1) is 5.10 Å². The third-order valence-corrected chi connectivity index (χ3v) is 6.85. The lowest BCUT2D eigenvalue weighted by molar-refractivity contribution is -0.127. The lowest BCUT2D eigenvalue weighted by atomic mass is 10.1. The van der Waals surface area contributed by atoms with Gasteiger partial charge in [-0.3, -0.25) is 14.5 Å². The second-order valence-corrected chi connectivity index (χ2v) is 9.38. The standard InChI is InChI=1S/C27H27N5O5/c1-17-10-12-23(37-17)26(27(34)28-18-6-2-3-7-18)32(19-11-13-22-24(14-19)36-16-35-22)25(33)15-31-21-9-5-4-8-20(21)29-30-31/h4-5,8-14,18,26H,2-3,6-7,15-16H2,1H3,(H,28,34). The number of nitrogens with one attached hydrogen (secondary N) is 1. The summed E-state index contributed by atoms with van der Waals surface area (Å²) in [5.41, 5.74) is 1.89. The van der Waals surface area contributed by atoms with Gasteiger partial charge in [0.1, 0.15) is 23.6 Å². The van der Waals surface area contributed by atoms with E-state index in [4.69, 9.17) is 13.9 Å². The summed E-state index contributed by atoms with van der Waals surface area (Å²) in [5, 5.41) is 11.5. The van der Waals surface area contributed by atoms with Crippen LogP contribution >= 0.6 is 0 Å². The van der Waals surface area contributed by atoms with E-state index in [-0.39, 0.29) is 31.2 Å². The molecule has 2 aromatic carbocycles. The van der Waals surface area contributed by atoms with Gasteiger partial charge in [-0.25, -0.2) is 4.68 Å². The van der Waals surface area contributed by atoms with Crippen molar-refractivity contribution >= 4 is 28.5 Å². The van der Waals surface area contributed by atoms with Crippen molar-refractivity contribution in [1.29, 1.82) is 0 Å². The summed E-state index contributed by atoms with van der Waals surface area (Å²) in [5.74, 6) is 1.47. The average molecular weight is 502 g/mol. The molecule has 1 aliphatic carbocycles. The molecule has 2 amide bonds. The molecular formula is C27H27N5O5. The molecule has 0 bridgehead atoms. The fraction of sp³-hybridized carbons (Fsp3) is 0.333. The number of aromatic nitrogens is 3. The Hall–Kier alpha value is -4.34. The first kappa shape index (κ1) is 23.1. The van der Waals surface area contributed by atoms with E-state index in [9.17, 15) is 9.59 Å². The van der Waals surface area contributed by atoms with Crippen LogP contribution in [0.5, 0.6) is 11.5 Å². The Balaban J connectivity index is 1.42. The summed E-state index contributed by atoms with van der Waals surface area (Å²) in [6, 6.07) is 15.2. The predicted molar refractivity (Wildman–Crippen MR) is 134 cm³/mol. The normalized spacial score (nSPS) is 15.7. The number of para-hydroxylation sites is 1. The number of carbonyl (C=O) groups is 2. The van der Waals surface area contributed by atoms with Crippen molar-refractivity contribution in [2.75, 3.05) is 11.7 Å². The zero-order valence-electron chi connectivity index (χ0n) is 20.4. The highest BCUT2D eigenvalue weighted by atomic mass is 16.7. The minimum Gasteiger partial charge on any atom is -0.464 e. The maximum atomic E-state index is 14.1. The molecule has 10 heteroatoms. The molecule has 1 atom stereocenters. The van der Waals surface area contributed by atoms with Gasteiger partial charge in [0.05, 0.1) is 5.52 Å². The van der Waals surface area contributed by atoms with Crippen molar-refractivity contribution in [3.05, 3.63) is 66.1 Å². The molecule has 2 aromatic heterocycles. The van der Waals surface area contributed by atoms with Gasteiger partial charge in [0.2, 0.25) is 12.7 Å². The predicted octanol–water partition coefficient (Wildman–Crippen LogP) is 3.89. The van der Waals surface area contributed by atoms with Gasteiger partial charge in [0, 0.05) is 17.8 Å². The number of ether oxygens (including phenoxy) is 2. The maximum Gasteiger partial charge on any atom is 0.251 e. The summed E-state index contributed by atoms with van der Waals surface area (Å²) < 4.78 is 18.5. The van der Waals surface area contributed by atoms with Crippen molar-refractivity contribution in [2.45, 2.75) is 51.2 Å². The monoisotopic (exact) mass is 501 g/mol. The van der Waals surface area contributed by atoms with Crippen LogP contribution in [0.15, 0.2) is 59.0 Å². The van der Waals surface area contributed by atoms with E-state index in [0.29, 0.717) is 34.2 Å². The van der Waals surface area contributed by atoms with E-state index >= 15 is 0 Å². The van der Waals surface area contributed by atoms with Gasteiger partial charge in [-0.05, 0) is 56.2 Å². The Kier molecular flexibility index (Phi) is 5.99. The number of rotatable bonds is 7. The number of amides is 2. The van der Waals surface area contributed by atoms with Crippen molar-refractivity contribution in [3.8, 4) is 11.5 Å². The lowest BCUT2D eigenvalue weighted by Crippen LogP contribution is -2.47. The summed E-state index contributed by atoms with van der Waals surface area (Å²) in [4.78, 5) is 29.3. The molecule has 0 radical (unpaired) electrons. The minimum absolute atomic E-state index is 0.0685. The van der Waals surface area contributed by atoms with Crippen LogP contribution < -0.4 is 19.7 Å². The third-order valence-electron chi connectivity index (χ3n) is 6.85. The molecule has 3 heterocycles. The zero-order valence-corrected chi connectivity index (χ0v) is 20.4. The van der Waals surface area contributed by atoms with Gasteiger partial charge in [-0.2, -0.15) is 0 Å². The highest BCUT2D eigenvalue weighted by Crippen LogP contribution is 2.38. The molecule has 4 aromatic rings. The highest BCUT2D eigenvalue weighted by molar-refractivity contribution is 6.01. The number of hydrogen-bond acceptors (Lipinski definition) is 7. The number of hydrogen-bond donors (Lipinski definition) is 1. The molecule has 1 unspecified atom stereocenters. The van der Waals surface area contributed by atoms with Gasteiger partial charge in [-0.1, -0.05) is 30.2 Å². The second-order valence-electron chi connectivity index (χ2n) is 9.38. The highest BCUT2D eigenvalue weighted by Gasteiger charge is 2.37. The van der Waals surface area contributed by atoms with Gasteiger partial charge < -0.3 is 19.2 Å². The summed E-state index contributed by atoms with van der Waals surface area (Å²) in [7, 11) is 0. The molecule has 0 spiro atoms. The minimum atomic E-state index is -1.03. The van der Waals surface area contributed by atoms with Crippen LogP contribution in [0, 0.1) is 6.92 Å². The number of fused-ring (bicyclic) bond motifs is 2. The first-order chi connectivity index (χ1) is 18.1. The molecule has 190 valence electrons. The first-order valence-electron chi connectivity index (χ1n) is 12.4. The number of carbonyl (C=O) groups excluding carboxylic acids is 2. The SMILES string of the molecule is Cc1ccc(C(C(=O)NC2CCCC2)N(C(=O)Cn2nnc3ccccc32)c2ccc3c(c2)OCO3)o1. The van der Waals surface area contributed by atoms with Crippen LogP contribution in [0.2, 0.25) is 0 Å². The maximum absolute atomic E-state index is 14.1. The fourth-order valence-electron chi connectivity index (χ4n) is 5.03. The van der Waals surface area contributed by atoms with Gasteiger partial charge in [0.25, 0.3) is 5.91 Å². The molecule has 2 aliphatic rings. The van der Waals surface area contributed by atoms with E-state index in [1.165, 1.54) is 9.58 Å². The van der Waals surface area contributed by atoms with Gasteiger partial charge >= 0.3 is 0 Å². The van der Waals surface area contributed by atoms with Crippen LogP contribution in [-0.2, 0) is 16.1 Å². The average Bonchev–Trinajstić information content (AvgIpc) is 3.70. The van der Waals surface area contributed by atoms with Crippen LogP contribution in [0.4, 0.5) is 5.69 Å². The number of anilines is 1. The molecule has 1 aliphatic heterocycles. The molecule has 1 N–H and O–H groups in total. The van der Waals surface area contributed by atoms with E-state index < -0.39 is 6.04 Å². The van der Waals surface area contributed by atoms with Crippen molar-refractivity contribution in [1.82, 2.24) is 20.3 Å². The number of furan rings is 1. The Morgan fingerprint density at radius 1 is 1.08 bits per heavy atom.